The van der Waals surface area contributed by atoms with Crippen LogP contribution in [0.4, 0.5) is 10.2 Å². The number of hydrogen-bond acceptors (Lipinski definition) is 11. The standard InChI is InChI=1S/C30H36FN6O7P/c1-4-5-8-14-41-29(39)17(2)36-45(40,44-21-13-9-11-19-10-6-7-12-20(19)21)42-15-22-25(38)23-26(30(23,31)43-22)37-16-33-24-27(32)34-18(3)35-28(24)37/h6-7,9-13,16-17,22-23,25-26,38H,4-5,8,14-15H2,1-3H3,(H,36,40)(H2,32,34,35)/t17-,22-,23?,25+,26+,30?,45?/m1/s1. The number of imidazole rings is 1. The number of aliphatic hydroxyl groups excluding tert-OH is 1. The number of aliphatic hydroxyl groups is 1. The van der Waals surface area contributed by atoms with E-state index in [9.17, 15) is 14.5 Å². The molecule has 3 unspecified atom stereocenters. The van der Waals surface area contributed by atoms with E-state index < -0.39 is 56.4 Å². The van der Waals surface area contributed by atoms with Crippen molar-refractivity contribution in [2.75, 3.05) is 18.9 Å². The van der Waals surface area contributed by atoms with Gasteiger partial charge >= 0.3 is 13.7 Å². The van der Waals surface area contributed by atoms with Crippen molar-refractivity contribution >= 4 is 41.5 Å². The van der Waals surface area contributed by atoms with Gasteiger partial charge in [-0.1, -0.05) is 56.2 Å². The van der Waals surface area contributed by atoms with Gasteiger partial charge in [-0.05, 0) is 31.7 Å². The number of alkyl halides is 1. The van der Waals surface area contributed by atoms with Gasteiger partial charge in [0.2, 0.25) is 5.85 Å². The zero-order chi connectivity index (χ0) is 31.9. The molecule has 2 aliphatic rings. The number of hydrogen-bond donors (Lipinski definition) is 3. The maximum absolute atomic E-state index is 16.0. The van der Waals surface area contributed by atoms with Gasteiger partial charge in [0, 0.05) is 5.39 Å². The zero-order valence-corrected chi connectivity index (χ0v) is 26.0. The molecular formula is C30H36FN6O7P. The second-order valence-electron chi connectivity index (χ2n) is 11.4. The van der Waals surface area contributed by atoms with Crippen LogP contribution >= 0.6 is 7.75 Å². The highest BCUT2D eigenvalue weighted by Crippen LogP contribution is 2.66. The van der Waals surface area contributed by atoms with Crippen LogP contribution in [0.3, 0.4) is 0 Å². The van der Waals surface area contributed by atoms with Gasteiger partial charge in [0.25, 0.3) is 0 Å². The summed E-state index contributed by atoms with van der Waals surface area (Å²) in [4.78, 5) is 25.3. The number of ether oxygens (including phenoxy) is 2. The summed E-state index contributed by atoms with van der Waals surface area (Å²) in [6.07, 6.45) is 1.45. The first-order valence-corrected chi connectivity index (χ1v) is 16.5. The quantitative estimate of drug-likeness (QED) is 0.107. The van der Waals surface area contributed by atoms with Crippen molar-refractivity contribution in [1.29, 1.82) is 0 Å². The van der Waals surface area contributed by atoms with Crippen molar-refractivity contribution in [3.05, 3.63) is 54.6 Å². The van der Waals surface area contributed by atoms with Gasteiger partial charge in [0.1, 0.15) is 35.3 Å². The Morgan fingerprint density at radius 2 is 2.02 bits per heavy atom. The number of carbonyl (C=O) groups is 1. The molecule has 0 amide bonds. The predicted octanol–water partition coefficient (Wildman–Crippen LogP) is 4.38. The predicted molar refractivity (Wildman–Crippen MR) is 163 cm³/mol. The summed E-state index contributed by atoms with van der Waals surface area (Å²) in [6, 6.07) is 10.6. The third kappa shape index (κ3) is 6.00. The Kier molecular flexibility index (Phi) is 8.53. The fourth-order valence-corrected chi connectivity index (χ4v) is 7.32. The average Bonchev–Trinajstić information content (AvgIpc) is 3.25. The molecule has 4 N–H and O–H groups in total. The van der Waals surface area contributed by atoms with Crippen LogP contribution in [0.2, 0.25) is 0 Å². The Morgan fingerprint density at radius 3 is 2.78 bits per heavy atom. The third-order valence-corrected chi connectivity index (χ3v) is 9.73. The molecule has 15 heteroatoms. The number of unbranched alkanes of at least 4 members (excludes halogenated alkanes) is 2. The summed E-state index contributed by atoms with van der Waals surface area (Å²) in [5.74, 6) is -3.05. The molecule has 13 nitrogen and oxygen atoms in total. The molecule has 2 fully saturated rings. The Bertz CT molecular complexity index is 1770. The third-order valence-electron chi connectivity index (χ3n) is 8.10. The summed E-state index contributed by atoms with van der Waals surface area (Å²) >= 11 is 0. The molecule has 1 saturated carbocycles. The van der Waals surface area contributed by atoms with Gasteiger partial charge in [0.15, 0.2) is 11.5 Å². The van der Waals surface area contributed by atoms with E-state index in [1.165, 1.54) is 17.8 Å². The number of nitrogen functional groups attached to an aromatic ring is 1. The van der Waals surface area contributed by atoms with Crippen LogP contribution in [0.1, 0.15) is 45.0 Å². The first-order valence-electron chi connectivity index (χ1n) is 14.9. The van der Waals surface area contributed by atoms with Crippen LogP contribution in [0.15, 0.2) is 48.8 Å². The van der Waals surface area contributed by atoms with Gasteiger partial charge < -0.3 is 29.4 Å². The van der Waals surface area contributed by atoms with Crippen molar-refractivity contribution < 1.29 is 37.4 Å². The molecular weight excluding hydrogens is 606 g/mol. The number of benzene rings is 2. The minimum Gasteiger partial charge on any atom is -0.465 e. The van der Waals surface area contributed by atoms with Crippen molar-refractivity contribution in [2.45, 2.75) is 70.2 Å². The van der Waals surface area contributed by atoms with Crippen LogP contribution in [-0.2, 0) is 23.4 Å². The molecule has 7 atom stereocenters. The number of nitrogens with one attached hydrogen (secondary N) is 1. The lowest BCUT2D eigenvalue weighted by Crippen LogP contribution is -2.37. The minimum absolute atomic E-state index is 0.163. The Balaban J connectivity index is 1.18. The molecule has 2 aromatic heterocycles. The normalized spacial score (nSPS) is 26.0. The summed E-state index contributed by atoms with van der Waals surface area (Å²) in [5, 5.41) is 15.2. The Morgan fingerprint density at radius 1 is 1.24 bits per heavy atom. The number of carbonyl (C=O) groups excluding carboxylic acids is 1. The Hall–Kier alpha value is -3.68. The monoisotopic (exact) mass is 642 g/mol. The lowest BCUT2D eigenvalue weighted by molar-refractivity contribution is -0.145. The number of nitrogens with zero attached hydrogens (tertiary/aromatic N) is 4. The lowest BCUT2D eigenvalue weighted by Gasteiger charge is -2.26. The van der Waals surface area contributed by atoms with E-state index in [-0.39, 0.29) is 18.2 Å². The molecule has 240 valence electrons. The molecule has 3 heterocycles. The summed E-state index contributed by atoms with van der Waals surface area (Å²) in [5.41, 5.74) is 6.60. The number of halogens is 1. The van der Waals surface area contributed by atoms with E-state index in [4.69, 9.17) is 24.3 Å². The molecule has 4 aromatic rings. The average molecular weight is 643 g/mol. The lowest BCUT2D eigenvalue weighted by atomic mass is 10.1. The number of esters is 1. The van der Waals surface area contributed by atoms with Crippen molar-refractivity contribution in [3.8, 4) is 5.75 Å². The number of nitrogens with two attached hydrogens (primary N) is 1. The van der Waals surface area contributed by atoms with Gasteiger partial charge in [0.05, 0.1) is 31.6 Å². The van der Waals surface area contributed by atoms with Crippen molar-refractivity contribution in [1.82, 2.24) is 24.6 Å². The van der Waals surface area contributed by atoms with E-state index in [1.54, 1.807) is 25.1 Å². The minimum atomic E-state index is -4.32. The van der Waals surface area contributed by atoms with Crippen LogP contribution < -0.4 is 15.3 Å². The molecule has 1 aliphatic carbocycles. The highest BCUT2D eigenvalue weighted by atomic mass is 31.2. The smallest absolute Gasteiger partial charge is 0.459 e. The van der Waals surface area contributed by atoms with E-state index in [1.807, 2.05) is 31.2 Å². The second kappa shape index (κ2) is 12.3. The first kappa shape index (κ1) is 31.3. The largest absolute Gasteiger partial charge is 0.465 e. The first-order chi connectivity index (χ1) is 21.5. The SMILES string of the molecule is CCCCCOC(=O)[C@@H](C)NP(=O)(OC[C@H]1OC2(F)C([C@H]1O)[C@@H]2n1cnc2c(N)nc(C)nc21)Oc1cccc2ccccc12. The van der Waals surface area contributed by atoms with E-state index in [0.717, 1.165) is 18.2 Å². The fraction of sp³-hybridized carbons (Fsp3) is 0.467. The summed E-state index contributed by atoms with van der Waals surface area (Å²) < 4.78 is 54.4. The number of fused-ring (bicyclic) bond motifs is 3. The molecule has 0 radical (unpaired) electrons. The molecule has 6 rings (SSSR count). The maximum atomic E-state index is 16.0. The van der Waals surface area contributed by atoms with Crippen LogP contribution in [0.5, 0.6) is 5.75 Å². The van der Waals surface area contributed by atoms with Gasteiger partial charge in [-0.25, -0.2) is 23.9 Å². The number of aromatic nitrogens is 4. The Labute approximate surface area is 258 Å². The van der Waals surface area contributed by atoms with Crippen LogP contribution in [0, 0.1) is 12.8 Å². The maximum Gasteiger partial charge on any atom is 0.459 e. The number of aryl methyl sites for hydroxylation is 1. The highest BCUT2D eigenvalue weighted by Gasteiger charge is 2.78. The molecule has 0 bridgehead atoms. The van der Waals surface area contributed by atoms with E-state index >= 15 is 4.39 Å². The highest BCUT2D eigenvalue weighted by molar-refractivity contribution is 7.52. The number of rotatable bonds is 13. The van der Waals surface area contributed by atoms with Gasteiger partial charge in [-0.2, -0.15) is 5.09 Å². The van der Waals surface area contributed by atoms with Gasteiger partial charge in [-0.15, -0.1) is 0 Å². The summed E-state index contributed by atoms with van der Waals surface area (Å²) in [7, 11) is -4.32. The molecule has 1 saturated heterocycles. The molecule has 45 heavy (non-hydrogen) atoms. The topological polar surface area (TPSA) is 173 Å². The molecule has 0 spiro atoms. The fourth-order valence-electron chi connectivity index (χ4n) is 5.80. The molecule has 2 aromatic carbocycles. The second-order valence-corrected chi connectivity index (χ2v) is 13.1. The van der Waals surface area contributed by atoms with Crippen molar-refractivity contribution in [2.24, 2.45) is 5.92 Å². The molecule has 1 aliphatic heterocycles. The van der Waals surface area contributed by atoms with E-state index in [0.29, 0.717) is 28.8 Å². The summed E-state index contributed by atoms with van der Waals surface area (Å²) in [6.45, 7) is 4.90. The van der Waals surface area contributed by atoms with E-state index in [2.05, 4.69) is 20.0 Å². The number of anilines is 1. The van der Waals surface area contributed by atoms with Crippen LogP contribution in [-0.4, -0.2) is 67.9 Å². The zero-order valence-electron chi connectivity index (χ0n) is 25.1. The van der Waals surface area contributed by atoms with Crippen molar-refractivity contribution in [3.63, 3.8) is 0 Å². The van der Waals surface area contributed by atoms with Gasteiger partial charge in [-0.3, -0.25) is 9.32 Å². The van der Waals surface area contributed by atoms with Crippen LogP contribution in [0.25, 0.3) is 21.9 Å².